The number of hydrogen-bond acceptors (Lipinski definition) is 4. The van der Waals surface area contributed by atoms with E-state index in [2.05, 4.69) is 0 Å². The Morgan fingerprint density at radius 3 is 2.67 bits per heavy atom. The molecule has 4 nitrogen and oxygen atoms in total. The third-order valence-electron chi connectivity index (χ3n) is 1.97. The van der Waals surface area contributed by atoms with Crippen LogP contribution in [0, 0.1) is 0 Å². The first-order chi connectivity index (χ1) is 5.83. The average Bonchev–Trinajstić information content (AvgIpc) is 2.85. The molecule has 0 aliphatic carbocycles. The van der Waals surface area contributed by atoms with Crippen molar-refractivity contribution < 1.29 is 19.3 Å². The molecule has 1 aliphatic heterocycles. The molecule has 0 amide bonds. The van der Waals surface area contributed by atoms with Crippen LogP contribution in [-0.4, -0.2) is 50.9 Å². The second-order valence-electron chi connectivity index (χ2n) is 2.98. The summed E-state index contributed by atoms with van der Waals surface area (Å²) in [6.07, 6.45) is 0.771. The molecule has 1 N–H and O–H groups in total. The number of ether oxygens (including phenoxy) is 3. The molecule has 4 heteroatoms. The molecule has 0 radical (unpaired) electrons. The van der Waals surface area contributed by atoms with E-state index in [-0.39, 0.29) is 12.2 Å². The fraction of sp³-hybridized carbons (Fsp3) is 1.00. The van der Waals surface area contributed by atoms with Gasteiger partial charge in [-0.15, -0.1) is 0 Å². The molecule has 1 aliphatic rings. The molecule has 1 heterocycles. The van der Waals surface area contributed by atoms with Crippen LogP contribution in [0.1, 0.15) is 6.42 Å². The summed E-state index contributed by atoms with van der Waals surface area (Å²) in [4.78, 5) is 0. The lowest BCUT2D eigenvalue weighted by atomic mass is 10.1. The molecule has 72 valence electrons. The standard InChI is InChI=1S/C8H16O4/c1-10-4-5-11-3-2-8(6-9)7-12-8/h9H,2-7H2,1H3. The second kappa shape index (κ2) is 4.77. The summed E-state index contributed by atoms with van der Waals surface area (Å²) in [7, 11) is 1.64. The number of epoxide rings is 1. The van der Waals surface area contributed by atoms with Crippen molar-refractivity contribution in [1.29, 1.82) is 0 Å². The summed E-state index contributed by atoms with van der Waals surface area (Å²) < 4.78 is 15.1. The first-order valence-corrected chi connectivity index (χ1v) is 4.14. The highest BCUT2D eigenvalue weighted by Crippen LogP contribution is 2.29. The Hall–Kier alpha value is -0.160. The molecule has 0 saturated carbocycles. The smallest absolute Gasteiger partial charge is 0.117 e. The predicted molar refractivity (Wildman–Crippen MR) is 43.1 cm³/mol. The normalized spacial score (nSPS) is 27.5. The lowest BCUT2D eigenvalue weighted by Crippen LogP contribution is -2.19. The van der Waals surface area contributed by atoms with Crippen LogP contribution in [0.4, 0.5) is 0 Å². The second-order valence-corrected chi connectivity index (χ2v) is 2.98. The van der Waals surface area contributed by atoms with Crippen molar-refractivity contribution in [3.63, 3.8) is 0 Å². The summed E-state index contributed by atoms with van der Waals surface area (Å²) >= 11 is 0. The first-order valence-electron chi connectivity index (χ1n) is 4.14. The molecule has 0 aromatic heterocycles. The molecule has 0 aromatic rings. The molecule has 1 fully saturated rings. The zero-order valence-corrected chi connectivity index (χ0v) is 7.41. The van der Waals surface area contributed by atoms with Crippen LogP contribution < -0.4 is 0 Å². The van der Waals surface area contributed by atoms with Gasteiger partial charge < -0.3 is 19.3 Å². The lowest BCUT2D eigenvalue weighted by Gasteiger charge is -2.07. The van der Waals surface area contributed by atoms with Crippen LogP contribution in [0.3, 0.4) is 0 Å². The van der Waals surface area contributed by atoms with Gasteiger partial charge in [-0.25, -0.2) is 0 Å². The minimum Gasteiger partial charge on any atom is -0.393 e. The average molecular weight is 176 g/mol. The Kier molecular flexibility index (Phi) is 3.94. The molecule has 0 aromatic carbocycles. The summed E-state index contributed by atoms with van der Waals surface area (Å²) in [6, 6.07) is 0. The minimum atomic E-state index is -0.271. The van der Waals surface area contributed by atoms with E-state index in [1.54, 1.807) is 7.11 Å². The SMILES string of the molecule is COCCOCCC1(CO)CO1. The van der Waals surface area contributed by atoms with Gasteiger partial charge in [0.25, 0.3) is 0 Å². The van der Waals surface area contributed by atoms with Crippen molar-refractivity contribution in [1.82, 2.24) is 0 Å². The molecule has 0 spiro atoms. The van der Waals surface area contributed by atoms with Gasteiger partial charge in [-0.1, -0.05) is 0 Å². The summed E-state index contributed by atoms with van der Waals surface area (Å²) in [5.41, 5.74) is -0.271. The molecule has 1 atom stereocenters. The van der Waals surface area contributed by atoms with Crippen LogP contribution >= 0.6 is 0 Å². The van der Waals surface area contributed by atoms with Crippen LogP contribution in [0.25, 0.3) is 0 Å². The molecular weight excluding hydrogens is 160 g/mol. The molecule has 12 heavy (non-hydrogen) atoms. The third kappa shape index (κ3) is 3.06. The fourth-order valence-corrected chi connectivity index (χ4v) is 0.919. The Morgan fingerprint density at radius 2 is 2.17 bits per heavy atom. The third-order valence-corrected chi connectivity index (χ3v) is 1.97. The van der Waals surface area contributed by atoms with E-state index < -0.39 is 0 Å². The largest absolute Gasteiger partial charge is 0.393 e. The molecule has 1 unspecified atom stereocenters. The van der Waals surface area contributed by atoms with Gasteiger partial charge in [0.15, 0.2) is 0 Å². The van der Waals surface area contributed by atoms with E-state index in [1.807, 2.05) is 0 Å². The number of methoxy groups -OCH3 is 1. The maximum atomic E-state index is 8.85. The van der Waals surface area contributed by atoms with Crippen molar-refractivity contribution in [3.8, 4) is 0 Å². The Balaban J connectivity index is 1.89. The highest BCUT2D eigenvalue weighted by Gasteiger charge is 2.43. The summed E-state index contributed by atoms with van der Waals surface area (Å²) in [5, 5.41) is 8.85. The Morgan fingerprint density at radius 1 is 1.42 bits per heavy atom. The van der Waals surface area contributed by atoms with Gasteiger partial charge in [0.05, 0.1) is 26.4 Å². The van der Waals surface area contributed by atoms with Crippen LogP contribution in [-0.2, 0) is 14.2 Å². The Labute approximate surface area is 72.4 Å². The summed E-state index contributed by atoms with van der Waals surface area (Å²) in [6.45, 7) is 2.62. The van der Waals surface area contributed by atoms with Crippen LogP contribution in [0.15, 0.2) is 0 Å². The van der Waals surface area contributed by atoms with Gasteiger partial charge >= 0.3 is 0 Å². The van der Waals surface area contributed by atoms with E-state index in [4.69, 9.17) is 19.3 Å². The molecule has 0 bridgehead atoms. The first kappa shape index (κ1) is 9.92. The van der Waals surface area contributed by atoms with Gasteiger partial charge in [0, 0.05) is 20.1 Å². The van der Waals surface area contributed by atoms with Crippen LogP contribution in [0.5, 0.6) is 0 Å². The van der Waals surface area contributed by atoms with Gasteiger partial charge in [0.1, 0.15) is 5.60 Å². The topological polar surface area (TPSA) is 51.2 Å². The van der Waals surface area contributed by atoms with Crippen molar-refractivity contribution in [3.05, 3.63) is 0 Å². The predicted octanol–water partition coefficient (Wildman–Crippen LogP) is -0.199. The fourth-order valence-electron chi connectivity index (χ4n) is 0.919. The minimum absolute atomic E-state index is 0.0979. The molecule has 1 rings (SSSR count). The van der Waals surface area contributed by atoms with E-state index in [0.29, 0.717) is 26.4 Å². The monoisotopic (exact) mass is 176 g/mol. The summed E-state index contributed by atoms with van der Waals surface area (Å²) in [5.74, 6) is 0. The lowest BCUT2D eigenvalue weighted by molar-refractivity contribution is 0.0523. The van der Waals surface area contributed by atoms with Crippen molar-refractivity contribution >= 4 is 0 Å². The highest BCUT2D eigenvalue weighted by molar-refractivity contribution is 4.90. The zero-order chi connectivity index (χ0) is 8.86. The molecular formula is C8H16O4. The van der Waals surface area contributed by atoms with E-state index in [0.717, 1.165) is 6.42 Å². The number of hydrogen-bond donors (Lipinski definition) is 1. The van der Waals surface area contributed by atoms with Crippen molar-refractivity contribution in [2.75, 3.05) is 40.1 Å². The molecule has 1 saturated heterocycles. The maximum absolute atomic E-state index is 8.85. The number of aliphatic hydroxyl groups excluding tert-OH is 1. The quantitative estimate of drug-likeness (QED) is 0.431. The highest BCUT2D eigenvalue weighted by atomic mass is 16.6. The van der Waals surface area contributed by atoms with E-state index in [1.165, 1.54) is 0 Å². The van der Waals surface area contributed by atoms with Gasteiger partial charge in [-0.3, -0.25) is 0 Å². The van der Waals surface area contributed by atoms with Crippen LogP contribution in [0.2, 0.25) is 0 Å². The van der Waals surface area contributed by atoms with Gasteiger partial charge in [0.2, 0.25) is 0 Å². The number of rotatable bonds is 7. The van der Waals surface area contributed by atoms with E-state index in [9.17, 15) is 0 Å². The van der Waals surface area contributed by atoms with Crippen molar-refractivity contribution in [2.24, 2.45) is 0 Å². The zero-order valence-electron chi connectivity index (χ0n) is 7.41. The van der Waals surface area contributed by atoms with Crippen molar-refractivity contribution in [2.45, 2.75) is 12.0 Å². The van der Waals surface area contributed by atoms with Gasteiger partial charge in [-0.05, 0) is 0 Å². The number of aliphatic hydroxyl groups is 1. The maximum Gasteiger partial charge on any atom is 0.117 e. The van der Waals surface area contributed by atoms with Gasteiger partial charge in [-0.2, -0.15) is 0 Å². The van der Waals surface area contributed by atoms with E-state index >= 15 is 0 Å². The Bertz CT molecular complexity index is 122.